The Labute approximate surface area is 152 Å². The van der Waals surface area contributed by atoms with Crippen molar-refractivity contribution in [2.24, 2.45) is 0 Å². The van der Waals surface area contributed by atoms with Crippen LogP contribution in [0.1, 0.15) is 28.8 Å². The average Bonchev–Trinajstić information content (AvgIpc) is 3.14. The second-order valence-corrected chi connectivity index (χ2v) is 7.95. The number of anilines is 1. The van der Waals surface area contributed by atoms with E-state index >= 15 is 0 Å². The number of nitrogens with zero attached hydrogens (tertiary/aromatic N) is 1. The molecule has 3 rings (SSSR count). The highest BCUT2D eigenvalue weighted by atomic mass is 32.2. The molecule has 1 unspecified atom stereocenters. The molecule has 2 aromatic rings. The van der Waals surface area contributed by atoms with Crippen LogP contribution in [0.3, 0.4) is 0 Å². The van der Waals surface area contributed by atoms with Crippen LogP contribution < -0.4 is 10.0 Å². The van der Waals surface area contributed by atoms with Crippen LogP contribution in [0.4, 0.5) is 5.82 Å². The molecule has 1 fully saturated rings. The molecule has 26 heavy (non-hydrogen) atoms. The smallest absolute Gasteiger partial charge is 0.256 e. The first-order chi connectivity index (χ1) is 12.4. The minimum Gasteiger partial charge on any atom is -0.377 e. The van der Waals surface area contributed by atoms with Crippen LogP contribution in [-0.2, 0) is 14.8 Å². The van der Waals surface area contributed by atoms with Crippen molar-refractivity contribution in [3.05, 3.63) is 53.7 Å². The highest BCUT2D eigenvalue weighted by molar-refractivity contribution is 7.89. The van der Waals surface area contributed by atoms with Gasteiger partial charge in [-0.3, -0.25) is 4.79 Å². The van der Waals surface area contributed by atoms with Crippen molar-refractivity contribution in [1.82, 2.24) is 9.71 Å². The Kier molecular flexibility index (Phi) is 5.65. The molecule has 1 aromatic carbocycles. The second-order valence-electron chi connectivity index (χ2n) is 6.18. The number of pyridine rings is 1. The summed E-state index contributed by atoms with van der Waals surface area (Å²) in [6.45, 7) is 2.83. The van der Waals surface area contributed by atoms with E-state index in [1.54, 1.807) is 12.3 Å². The van der Waals surface area contributed by atoms with Crippen LogP contribution in [-0.4, -0.2) is 38.6 Å². The number of aromatic nitrogens is 1. The first-order valence-electron chi connectivity index (χ1n) is 8.39. The van der Waals surface area contributed by atoms with Crippen LogP contribution >= 0.6 is 0 Å². The first kappa shape index (κ1) is 18.5. The summed E-state index contributed by atoms with van der Waals surface area (Å²) in [5.41, 5.74) is 1.33. The highest BCUT2D eigenvalue weighted by Crippen LogP contribution is 2.15. The van der Waals surface area contributed by atoms with Crippen LogP contribution in [0, 0.1) is 6.92 Å². The molecule has 2 N–H and O–H groups in total. The molecule has 1 amide bonds. The van der Waals surface area contributed by atoms with Crippen molar-refractivity contribution in [3.8, 4) is 0 Å². The molecular weight excluding hydrogens is 354 g/mol. The SMILES string of the molecule is Cc1ccnc(NC(=O)c2ccc(S(=O)(=O)NCC3CCCO3)cc2)c1. The zero-order valence-corrected chi connectivity index (χ0v) is 15.3. The van der Waals surface area contributed by atoms with Gasteiger partial charge in [-0.2, -0.15) is 0 Å². The van der Waals surface area contributed by atoms with Gasteiger partial charge in [0.1, 0.15) is 5.82 Å². The Balaban J connectivity index is 1.64. The fourth-order valence-corrected chi connectivity index (χ4v) is 3.74. The Hall–Kier alpha value is -2.29. The largest absolute Gasteiger partial charge is 0.377 e. The van der Waals surface area contributed by atoms with Crippen molar-refractivity contribution in [2.45, 2.75) is 30.8 Å². The molecule has 138 valence electrons. The summed E-state index contributed by atoms with van der Waals surface area (Å²) in [5.74, 6) is 0.101. The topological polar surface area (TPSA) is 97.4 Å². The maximum Gasteiger partial charge on any atom is 0.256 e. The van der Waals surface area contributed by atoms with Crippen molar-refractivity contribution in [1.29, 1.82) is 0 Å². The molecule has 0 spiro atoms. The summed E-state index contributed by atoms with van der Waals surface area (Å²) in [6.07, 6.45) is 3.35. The molecule has 1 saturated heterocycles. The molecular formula is C18H21N3O4S. The molecule has 1 aliphatic heterocycles. The van der Waals surface area contributed by atoms with Crippen molar-refractivity contribution in [2.75, 3.05) is 18.5 Å². The third-order valence-corrected chi connectivity index (χ3v) is 5.55. The second kappa shape index (κ2) is 7.94. The van der Waals surface area contributed by atoms with E-state index in [0.29, 0.717) is 18.0 Å². The Bertz CT molecular complexity index is 876. The number of sulfonamides is 1. The van der Waals surface area contributed by atoms with Gasteiger partial charge in [-0.25, -0.2) is 18.1 Å². The van der Waals surface area contributed by atoms with Crippen LogP contribution in [0.15, 0.2) is 47.5 Å². The number of hydrogen-bond donors (Lipinski definition) is 2. The molecule has 0 saturated carbocycles. The van der Waals surface area contributed by atoms with E-state index < -0.39 is 10.0 Å². The molecule has 0 aliphatic carbocycles. The number of rotatable bonds is 6. The third-order valence-electron chi connectivity index (χ3n) is 4.11. The number of amides is 1. The number of benzene rings is 1. The zero-order chi connectivity index (χ0) is 18.6. The summed E-state index contributed by atoms with van der Waals surface area (Å²) in [7, 11) is -3.63. The van der Waals surface area contributed by atoms with Gasteiger partial charge in [-0.1, -0.05) is 0 Å². The number of ether oxygens (including phenoxy) is 1. The van der Waals surface area contributed by atoms with Gasteiger partial charge in [0.05, 0.1) is 11.0 Å². The highest BCUT2D eigenvalue weighted by Gasteiger charge is 2.20. The molecule has 8 heteroatoms. The summed E-state index contributed by atoms with van der Waals surface area (Å²) in [6, 6.07) is 9.37. The average molecular weight is 375 g/mol. The van der Waals surface area contributed by atoms with E-state index in [-0.39, 0.29) is 23.5 Å². The third kappa shape index (κ3) is 4.66. The van der Waals surface area contributed by atoms with Crippen LogP contribution in [0.2, 0.25) is 0 Å². The standard InChI is InChI=1S/C18H21N3O4S/c1-13-8-9-19-17(11-13)21-18(22)14-4-6-16(7-5-14)26(23,24)20-12-15-3-2-10-25-15/h4-9,11,15,20H,2-3,10,12H2,1H3,(H,19,21,22). The van der Waals surface area contributed by atoms with Gasteiger partial charge in [0, 0.05) is 24.9 Å². The fourth-order valence-electron chi connectivity index (χ4n) is 2.67. The minimum atomic E-state index is -3.63. The zero-order valence-electron chi connectivity index (χ0n) is 14.4. The summed E-state index contributed by atoms with van der Waals surface area (Å²) < 4.78 is 32.6. The minimum absolute atomic E-state index is 0.0725. The lowest BCUT2D eigenvalue weighted by atomic mass is 10.2. The molecule has 2 heterocycles. The summed E-state index contributed by atoms with van der Waals surface area (Å²) >= 11 is 0. The molecule has 0 radical (unpaired) electrons. The van der Waals surface area contributed by atoms with E-state index in [9.17, 15) is 13.2 Å². The molecule has 1 aromatic heterocycles. The molecule has 0 bridgehead atoms. The maximum atomic E-state index is 12.3. The number of hydrogen-bond acceptors (Lipinski definition) is 5. The van der Waals surface area contributed by atoms with Gasteiger partial charge in [0.15, 0.2) is 0 Å². The fraction of sp³-hybridized carbons (Fsp3) is 0.333. The molecule has 1 aliphatic rings. The summed E-state index contributed by atoms with van der Waals surface area (Å²) in [5, 5.41) is 2.69. The van der Waals surface area contributed by atoms with Gasteiger partial charge in [0.25, 0.3) is 5.91 Å². The van der Waals surface area contributed by atoms with Gasteiger partial charge in [-0.15, -0.1) is 0 Å². The Morgan fingerprint density at radius 1 is 1.27 bits per heavy atom. The van der Waals surface area contributed by atoms with Crippen molar-refractivity contribution < 1.29 is 17.9 Å². The Morgan fingerprint density at radius 3 is 2.69 bits per heavy atom. The van der Waals surface area contributed by atoms with E-state index in [2.05, 4.69) is 15.0 Å². The van der Waals surface area contributed by atoms with Gasteiger partial charge in [-0.05, 0) is 61.7 Å². The predicted octanol–water partition coefficient (Wildman–Crippen LogP) is 2.10. The van der Waals surface area contributed by atoms with Crippen molar-refractivity contribution in [3.63, 3.8) is 0 Å². The monoisotopic (exact) mass is 375 g/mol. The Morgan fingerprint density at radius 2 is 2.04 bits per heavy atom. The van der Waals surface area contributed by atoms with Crippen LogP contribution in [0.25, 0.3) is 0 Å². The van der Waals surface area contributed by atoms with E-state index in [1.807, 2.05) is 13.0 Å². The van der Waals surface area contributed by atoms with Gasteiger partial charge < -0.3 is 10.1 Å². The van der Waals surface area contributed by atoms with Gasteiger partial charge in [0.2, 0.25) is 10.0 Å². The molecule has 7 nitrogen and oxygen atoms in total. The number of nitrogens with one attached hydrogen (secondary N) is 2. The van der Waals surface area contributed by atoms with Crippen molar-refractivity contribution >= 4 is 21.7 Å². The van der Waals surface area contributed by atoms with Gasteiger partial charge >= 0.3 is 0 Å². The molecule has 1 atom stereocenters. The summed E-state index contributed by atoms with van der Waals surface area (Å²) in [4.78, 5) is 16.4. The number of carbonyl (C=O) groups is 1. The van der Waals surface area contributed by atoms with Crippen LogP contribution in [0.5, 0.6) is 0 Å². The van der Waals surface area contributed by atoms with E-state index in [1.165, 1.54) is 24.3 Å². The lowest BCUT2D eigenvalue weighted by Crippen LogP contribution is -2.31. The number of carbonyl (C=O) groups excluding carboxylic acids is 1. The number of aryl methyl sites for hydroxylation is 1. The maximum absolute atomic E-state index is 12.3. The van der Waals surface area contributed by atoms with E-state index in [0.717, 1.165) is 18.4 Å². The quantitative estimate of drug-likeness (QED) is 0.806. The van der Waals surface area contributed by atoms with E-state index in [4.69, 9.17) is 4.74 Å². The predicted molar refractivity (Wildman–Crippen MR) is 97.5 cm³/mol. The lowest BCUT2D eigenvalue weighted by Gasteiger charge is -2.11. The first-order valence-corrected chi connectivity index (χ1v) is 9.88. The lowest BCUT2D eigenvalue weighted by molar-refractivity contribution is 0.102. The normalized spacial score (nSPS) is 17.2.